The van der Waals surface area contributed by atoms with Gasteiger partial charge in [0.05, 0.1) is 6.04 Å². The number of hydrogen-bond donors (Lipinski definition) is 2. The lowest BCUT2D eigenvalue weighted by molar-refractivity contribution is 0.209. The number of rotatable bonds is 3. The Morgan fingerprint density at radius 2 is 1.93 bits per heavy atom. The number of halogens is 2. The Morgan fingerprint density at radius 1 is 1.14 bits per heavy atom. The molecule has 0 saturated carbocycles. The van der Waals surface area contributed by atoms with Crippen LogP contribution in [0.5, 0.6) is 5.75 Å². The highest BCUT2D eigenvalue weighted by atomic mass is 19.1. The first-order chi connectivity index (χ1) is 13.5. The number of carbonyl (C=O) groups excluding carboxylic acids is 1. The maximum absolute atomic E-state index is 13.7. The minimum Gasteiger partial charge on any atom is -0.488 e. The Morgan fingerprint density at radius 3 is 2.75 bits per heavy atom. The zero-order valence-electron chi connectivity index (χ0n) is 15.4. The Hall–Kier alpha value is -3.15. The standard InChI is InChI=1S/C22H20F2N2O2/c1-13-6-7-14(19-5-3-2-4-18(13)19)11-25-22(27)26-17-9-15-8-16(23)10-20(24)21(15)28-12-17/h2-8,10,17H,9,11-12H2,1H3,(H2,25,26,27). The highest BCUT2D eigenvalue weighted by Gasteiger charge is 2.24. The van der Waals surface area contributed by atoms with Gasteiger partial charge in [-0.1, -0.05) is 36.4 Å². The quantitative estimate of drug-likeness (QED) is 0.712. The van der Waals surface area contributed by atoms with E-state index in [0.29, 0.717) is 18.5 Å². The van der Waals surface area contributed by atoms with Crippen LogP contribution in [0.4, 0.5) is 13.6 Å². The van der Waals surface area contributed by atoms with Gasteiger partial charge in [0, 0.05) is 18.2 Å². The Labute approximate surface area is 161 Å². The van der Waals surface area contributed by atoms with E-state index >= 15 is 0 Å². The van der Waals surface area contributed by atoms with Crippen LogP contribution in [0.25, 0.3) is 10.8 Å². The van der Waals surface area contributed by atoms with Crippen LogP contribution >= 0.6 is 0 Å². The second kappa shape index (κ2) is 7.46. The smallest absolute Gasteiger partial charge is 0.315 e. The topological polar surface area (TPSA) is 50.4 Å². The van der Waals surface area contributed by atoms with Gasteiger partial charge in [0.1, 0.15) is 12.4 Å². The average molecular weight is 382 g/mol. The lowest BCUT2D eigenvalue weighted by Crippen LogP contribution is -2.47. The minimum absolute atomic E-state index is 0.0611. The minimum atomic E-state index is -0.718. The molecule has 0 fully saturated rings. The van der Waals surface area contributed by atoms with Crippen molar-refractivity contribution in [1.82, 2.24) is 10.6 Å². The molecule has 1 atom stereocenters. The van der Waals surface area contributed by atoms with E-state index in [1.165, 1.54) is 11.6 Å². The van der Waals surface area contributed by atoms with Crippen LogP contribution < -0.4 is 15.4 Å². The van der Waals surface area contributed by atoms with Crippen molar-refractivity contribution in [2.24, 2.45) is 0 Å². The number of amides is 2. The van der Waals surface area contributed by atoms with E-state index in [9.17, 15) is 13.6 Å². The number of hydrogen-bond acceptors (Lipinski definition) is 2. The second-order valence-electron chi connectivity index (χ2n) is 7.00. The third-order valence-corrected chi connectivity index (χ3v) is 4.99. The van der Waals surface area contributed by atoms with Gasteiger partial charge in [-0.05, 0) is 41.3 Å². The molecule has 3 aromatic rings. The second-order valence-corrected chi connectivity index (χ2v) is 7.00. The summed E-state index contributed by atoms with van der Waals surface area (Å²) < 4.78 is 32.5. The summed E-state index contributed by atoms with van der Waals surface area (Å²) in [6, 6.07) is 13.4. The molecule has 0 radical (unpaired) electrons. The largest absolute Gasteiger partial charge is 0.488 e. The first-order valence-electron chi connectivity index (χ1n) is 9.13. The van der Waals surface area contributed by atoms with Crippen molar-refractivity contribution < 1.29 is 18.3 Å². The summed E-state index contributed by atoms with van der Waals surface area (Å²) in [6.45, 7) is 2.56. The normalized spacial score (nSPS) is 15.6. The molecule has 1 heterocycles. The number of fused-ring (bicyclic) bond motifs is 2. The predicted octanol–water partition coefficient (Wildman–Crippen LogP) is 4.23. The fourth-order valence-corrected chi connectivity index (χ4v) is 3.61. The lowest BCUT2D eigenvalue weighted by atomic mass is 10.0. The molecule has 4 nitrogen and oxygen atoms in total. The molecule has 1 aliphatic heterocycles. The van der Waals surface area contributed by atoms with Crippen molar-refractivity contribution in [2.45, 2.75) is 25.9 Å². The summed E-state index contributed by atoms with van der Waals surface area (Å²) >= 11 is 0. The molecular formula is C22H20F2N2O2. The number of urea groups is 1. The Bertz CT molecular complexity index is 1050. The molecule has 0 aliphatic carbocycles. The zero-order chi connectivity index (χ0) is 19.7. The summed E-state index contributed by atoms with van der Waals surface area (Å²) in [6.07, 6.45) is 0.310. The fraction of sp³-hybridized carbons (Fsp3) is 0.227. The van der Waals surface area contributed by atoms with E-state index in [1.807, 2.05) is 30.3 Å². The van der Waals surface area contributed by atoms with Crippen LogP contribution in [0.15, 0.2) is 48.5 Å². The number of aryl methyl sites for hydroxylation is 1. The van der Waals surface area contributed by atoms with Gasteiger partial charge in [0.15, 0.2) is 11.6 Å². The van der Waals surface area contributed by atoms with Gasteiger partial charge in [0.25, 0.3) is 0 Å². The SMILES string of the molecule is Cc1ccc(CNC(=O)NC2COc3c(F)cc(F)cc3C2)c2ccccc12. The van der Waals surface area contributed by atoms with Crippen LogP contribution in [-0.2, 0) is 13.0 Å². The van der Waals surface area contributed by atoms with E-state index in [0.717, 1.165) is 22.4 Å². The molecule has 2 N–H and O–H groups in total. The average Bonchev–Trinajstić information content (AvgIpc) is 2.67. The lowest BCUT2D eigenvalue weighted by Gasteiger charge is -2.26. The highest BCUT2D eigenvalue weighted by molar-refractivity contribution is 5.88. The molecule has 0 bridgehead atoms. The van der Waals surface area contributed by atoms with Gasteiger partial charge in [0.2, 0.25) is 0 Å². The van der Waals surface area contributed by atoms with Crippen LogP contribution in [0, 0.1) is 18.6 Å². The van der Waals surface area contributed by atoms with Crippen molar-refractivity contribution in [3.05, 3.63) is 76.9 Å². The summed E-state index contributed by atoms with van der Waals surface area (Å²) in [5.74, 6) is -1.31. The molecular weight excluding hydrogens is 362 g/mol. The molecule has 0 spiro atoms. The maximum atomic E-state index is 13.7. The van der Waals surface area contributed by atoms with Crippen molar-refractivity contribution in [3.8, 4) is 5.75 Å². The summed E-state index contributed by atoms with van der Waals surface area (Å²) in [7, 11) is 0. The van der Waals surface area contributed by atoms with Gasteiger partial charge in [-0.3, -0.25) is 0 Å². The summed E-state index contributed by atoms with van der Waals surface area (Å²) in [5.41, 5.74) is 2.62. The molecule has 0 aromatic heterocycles. The monoisotopic (exact) mass is 382 g/mol. The van der Waals surface area contributed by atoms with Crippen molar-refractivity contribution in [2.75, 3.05) is 6.61 Å². The predicted molar refractivity (Wildman–Crippen MR) is 103 cm³/mol. The first-order valence-corrected chi connectivity index (χ1v) is 9.13. The van der Waals surface area contributed by atoms with Gasteiger partial charge < -0.3 is 15.4 Å². The fourth-order valence-electron chi connectivity index (χ4n) is 3.61. The first kappa shape index (κ1) is 18.2. The molecule has 3 aromatic carbocycles. The van der Waals surface area contributed by atoms with Crippen LogP contribution in [0.2, 0.25) is 0 Å². The van der Waals surface area contributed by atoms with E-state index in [2.05, 4.69) is 23.6 Å². The summed E-state index contributed by atoms with van der Waals surface area (Å²) in [5, 5.41) is 7.92. The van der Waals surface area contributed by atoms with Crippen molar-refractivity contribution in [1.29, 1.82) is 0 Å². The third kappa shape index (κ3) is 3.63. The van der Waals surface area contributed by atoms with Gasteiger partial charge in [-0.25, -0.2) is 13.6 Å². The molecule has 0 saturated heterocycles. The molecule has 4 rings (SSSR count). The highest BCUT2D eigenvalue weighted by Crippen LogP contribution is 2.29. The number of carbonyl (C=O) groups is 1. The zero-order valence-corrected chi connectivity index (χ0v) is 15.4. The van der Waals surface area contributed by atoms with Crippen LogP contribution in [0.1, 0.15) is 16.7 Å². The number of ether oxygens (including phenoxy) is 1. The maximum Gasteiger partial charge on any atom is 0.315 e. The van der Waals surface area contributed by atoms with Gasteiger partial charge in [-0.2, -0.15) is 0 Å². The van der Waals surface area contributed by atoms with Crippen LogP contribution in [0.3, 0.4) is 0 Å². The molecule has 1 aliphatic rings. The molecule has 28 heavy (non-hydrogen) atoms. The van der Waals surface area contributed by atoms with Gasteiger partial charge in [-0.15, -0.1) is 0 Å². The number of benzene rings is 3. The van der Waals surface area contributed by atoms with E-state index in [4.69, 9.17) is 4.74 Å². The van der Waals surface area contributed by atoms with E-state index in [1.54, 1.807) is 0 Å². The third-order valence-electron chi connectivity index (χ3n) is 4.99. The summed E-state index contributed by atoms with van der Waals surface area (Å²) in [4.78, 5) is 12.3. The Kier molecular flexibility index (Phi) is 4.86. The molecule has 1 unspecified atom stereocenters. The van der Waals surface area contributed by atoms with E-state index < -0.39 is 11.6 Å². The molecule has 6 heteroatoms. The molecule has 2 amide bonds. The van der Waals surface area contributed by atoms with Crippen molar-refractivity contribution in [3.63, 3.8) is 0 Å². The Balaban J connectivity index is 1.40. The van der Waals surface area contributed by atoms with Crippen LogP contribution in [-0.4, -0.2) is 18.7 Å². The van der Waals surface area contributed by atoms with E-state index in [-0.39, 0.29) is 24.4 Å². The number of nitrogens with one attached hydrogen (secondary N) is 2. The molecule has 144 valence electrons. The van der Waals surface area contributed by atoms with Crippen molar-refractivity contribution >= 4 is 16.8 Å². The van der Waals surface area contributed by atoms with Gasteiger partial charge >= 0.3 is 6.03 Å².